The van der Waals surface area contributed by atoms with Gasteiger partial charge in [-0.3, -0.25) is 4.90 Å². The third-order valence-electron chi connectivity index (χ3n) is 3.27. The number of hydrogen-bond acceptors (Lipinski definition) is 4. The summed E-state index contributed by atoms with van der Waals surface area (Å²) in [5.41, 5.74) is 0.287. The predicted molar refractivity (Wildman–Crippen MR) is 86.7 cm³/mol. The first-order chi connectivity index (χ1) is 10.6. The molecule has 1 aromatic rings. The van der Waals surface area contributed by atoms with E-state index in [9.17, 15) is 14.7 Å². The highest BCUT2D eigenvalue weighted by atomic mass is 16.6. The molecule has 0 spiro atoms. The summed E-state index contributed by atoms with van der Waals surface area (Å²) in [6.07, 6.45) is 0.162. The van der Waals surface area contributed by atoms with E-state index in [0.717, 1.165) is 16.2 Å². The van der Waals surface area contributed by atoms with Crippen molar-refractivity contribution in [3.63, 3.8) is 0 Å². The molecule has 0 aromatic heterocycles. The van der Waals surface area contributed by atoms with Crippen LogP contribution in [-0.4, -0.2) is 47.9 Å². The van der Waals surface area contributed by atoms with Crippen LogP contribution in [-0.2, 0) is 16.0 Å². The molecule has 0 aliphatic heterocycles. The number of benzene rings is 1. The first-order valence-corrected chi connectivity index (χ1v) is 7.45. The molecule has 0 heterocycles. The summed E-state index contributed by atoms with van der Waals surface area (Å²) >= 11 is 0. The molecule has 6 heteroatoms. The van der Waals surface area contributed by atoms with Gasteiger partial charge in [0.2, 0.25) is 0 Å². The molecule has 128 valence electrons. The molecule has 0 fully saturated rings. The van der Waals surface area contributed by atoms with Crippen molar-refractivity contribution in [3.8, 4) is 5.75 Å². The Morgan fingerprint density at radius 3 is 2.48 bits per heavy atom. The minimum atomic E-state index is -1.05. The molecule has 1 N–H and O–H groups in total. The Hall–Kier alpha value is -2.24. The molecule has 1 atom stereocenters. The SMILES string of the molecule is COc1cccc(CC[C@@H](C(=O)O)N(C)C(=O)OC(C)(C)C)c1. The number of hydrogen-bond donors (Lipinski definition) is 1. The first-order valence-electron chi connectivity index (χ1n) is 7.45. The Kier molecular flexibility index (Phi) is 6.42. The van der Waals surface area contributed by atoms with Crippen LogP contribution in [0.2, 0.25) is 0 Å². The van der Waals surface area contributed by atoms with Gasteiger partial charge in [-0.25, -0.2) is 9.59 Å². The Morgan fingerprint density at radius 2 is 1.96 bits per heavy atom. The number of carbonyl (C=O) groups is 2. The fourth-order valence-electron chi connectivity index (χ4n) is 2.08. The van der Waals surface area contributed by atoms with Crippen LogP contribution in [0, 0.1) is 0 Å². The highest BCUT2D eigenvalue weighted by molar-refractivity contribution is 5.80. The number of aliphatic carboxylic acids is 1. The topological polar surface area (TPSA) is 76.1 Å². The summed E-state index contributed by atoms with van der Waals surface area (Å²) < 4.78 is 10.4. The van der Waals surface area contributed by atoms with E-state index in [2.05, 4.69) is 0 Å². The molecule has 0 bridgehead atoms. The fourth-order valence-corrected chi connectivity index (χ4v) is 2.08. The van der Waals surface area contributed by atoms with Gasteiger partial charge in [0.05, 0.1) is 7.11 Å². The molecule has 0 aliphatic carbocycles. The first kappa shape index (κ1) is 18.8. The van der Waals surface area contributed by atoms with Crippen molar-refractivity contribution in [1.29, 1.82) is 0 Å². The Balaban J connectivity index is 2.74. The smallest absolute Gasteiger partial charge is 0.410 e. The number of carboxylic acid groups (broad SMARTS) is 1. The number of amides is 1. The maximum absolute atomic E-state index is 12.0. The average molecular weight is 323 g/mol. The second-order valence-electron chi connectivity index (χ2n) is 6.34. The minimum absolute atomic E-state index is 0.290. The zero-order valence-corrected chi connectivity index (χ0v) is 14.3. The van der Waals surface area contributed by atoms with Gasteiger partial charge in [-0.1, -0.05) is 12.1 Å². The van der Waals surface area contributed by atoms with Gasteiger partial charge in [-0.15, -0.1) is 0 Å². The molecular formula is C17H25NO5. The van der Waals surface area contributed by atoms with E-state index in [1.807, 2.05) is 24.3 Å². The molecule has 23 heavy (non-hydrogen) atoms. The Bertz CT molecular complexity index is 550. The van der Waals surface area contributed by atoms with Gasteiger partial charge in [0.1, 0.15) is 17.4 Å². The van der Waals surface area contributed by atoms with Gasteiger partial charge in [0, 0.05) is 7.05 Å². The Labute approximate surface area is 137 Å². The third-order valence-corrected chi connectivity index (χ3v) is 3.27. The second kappa shape index (κ2) is 7.85. The molecule has 1 amide bonds. The summed E-state index contributed by atoms with van der Waals surface area (Å²) in [7, 11) is 3.02. The maximum atomic E-state index is 12.0. The van der Waals surface area contributed by atoms with E-state index >= 15 is 0 Å². The minimum Gasteiger partial charge on any atom is -0.497 e. The van der Waals surface area contributed by atoms with Crippen molar-refractivity contribution < 1.29 is 24.2 Å². The number of carbonyl (C=O) groups excluding carboxylic acids is 1. The standard InChI is InChI=1S/C17H25NO5/c1-17(2,3)23-16(21)18(4)14(15(19)20)10-9-12-7-6-8-13(11-12)22-5/h6-8,11,14H,9-10H2,1-5H3,(H,19,20)/t14-/m0/s1. The highest BCUT2D eigenvalue weighted by Gasteiger charge is 2.29. The number of nitrogens with zero attached hydrogens (tertiary/aromatic N) is 1. The van der Waals surface area contributed by atoms with Crippen molar-refractivity contribution in [2.45, 2.75) is 45.3 Å². The van der Waals surface area contributed by atoms with Gasteiger partial charge >= 0.3 is 12.1 Å². The maximum Gasteiger partial charge on any atom is 0.410 e. The van der Waals surface area contributed by atoms with Crippen LogP contribution in [0.25, 0.3) is 0 Å². The lowest BCUT2D eigenvalue weighted by atomic mass is 10.0. The number of rotatable bonds is 6. The highest BCUT2D eigenvalue weighted by Crippen LogP contribution is 2.17. The van der Waals surface area contributed by atoms with E-state index in [1.54, 1.807) is 27.9 Å². The number of likely N-dealkylation sites (N-methyl/N-ethyl adjacent to an activating group) is 1. The van der Waals surface area contributed by atoms with Gasteiger partial charge < -0.3 is 14.6 Å². The molecule has 0 saturated heterocycles. The molecule has 0 unspecified atom stereocenters. The predicted octanol–water partition coefficient (Wildman–Crippen LogP) is 2.95. The second-order valence-corrected chi connectivity index (χ2v) is 6.34. The monoisotopic (exact) mass is 323 g/mol. The van der Waals surface area contributed by atoms with Gasteiger partial charge in [-0.2, -0.15) is 0 Å². The van der Waals surface area contributed by atoms with Crippen molar-refractivity contribution in [3.05, 3.63) is 29.8 Å². The summed E-state index contributed by atoms with van der Waals surface area (Å²) in [6, 6.07) is 6.48. The normalized spacial score (nSPS) is 12.4. The zero-order chi connectivity index (χ0) is 17.6. The van der Waals surface area contributed by atoms with Crippen LogP contribution < -0.4 is 4.74 Å². The van der Waals surface area contributed by atoms with Crippen molar-refractivity contribution in [2.75, 3.05) is 14.2 Å². The summed E-state index contributed by atoms with van der Waals surface area (Å²) in [6.45, 7) is 5.22. The van der Waals surface area contributed by atoms with E-state index in [4.69, 9.17) is 9.47 Å². The summed E-state index contributed by atoms with van der Waals surface area (Å²) in [4.78, 5) is 24.7. The largest absolute Gasteiger partial charge is 0.497 e. The molecule has 6 nitrogen and oxygen atoms in total. The zero-order valence-electron chi connectivity index (χ0n) is 14.3. The van der Waals surface area contributed by atoms with E-state index in [0.29, 0.717) is 6.42 Å². The lowest BCUT2D eigenvalue weighted by molar-refractivity contribution is -0.142. The van der Waals surface area contributed by atoms with Crippen LogP contribution in [0.15, 0.2) is 24.3 Å². The summed E-state index contributed by atoms with van der Waals surface area (Å²) in [5.74, 6) is -0.337. The van der Waals surface area contributed by atoms with Gasteiger partial charge in [0.15, 0.2) is 0 Å². The molecular weight excluding hydrogens is 298 g/mol. The van der Waals surface area contributed by atoms with E-state index in [1.165, 1.54) is 7.05 Å². The number of aryl methyl sites for hydroxylation is 1. The lowest BCUT2D eigenvalue weighted by Gasteiger charge is -2.28. The number of methoxy groups -OCH3 is 1. The van der Waals surface area contributed by atoms with Crippen molar-refractivity contribution >= 4 is 12.1 Å². The molecule has 0 radical (unpaired) electrons. The number of ether oxygens (including phenoxy) is 2. The van der Waals surface area contributed by atoms with Crippen LogP contribution in [0.3, 0.4) is 0 Å². The molecule has 1 rings (SSSR count). The van der Waals surface area contributed by atoms with Crippen LogP contribution in [0.4, 0.5) is 4.79 Å². The van der Waals surface area contributed by atoms with Gasteiger partial charge in [-0.05, 0) is 51.3 Å². The van der Waals surface area contributed by atoms with E-state index in [-0.39, 0.29) is 6.42 Å². The molecule has 1 aromatic carbocycles. The number of carboxylic acids is 1. The fraction of sp³-hybridized carbons (Fsp3) is 0.529. The average Bonchev–Trinajstić information content (AvgIpc) is 2.45. The summed E-state index contributed by atoms with van der Waals surface area (Å²) in [5, 5.41) is 9.40. The molecule has 0 aliphatic rings. The van der Waals surface area contributed by atoms with Crippen molar-refractivity contribution in [1.82, 2.24) is 4.90 Å². The van der Waals surface area contributed by atoms with Crippen LogP contribution >= 0.6 is 0 Å². The lowest BCUT2D eigenvalue weighted by Crippen LogP contribution is -2.45. The quantitative estimate of drug-likeness (QED) is 0.871. The van der Waals surface area contributed by atoms with Gasteiger partial charge in [0.25, 0.3) is 0 Å². The van der Waals surface area contributed by atoms with Crippen LogP contribution in [0.1, 0.15) is 32.8 Å². The third kappa shape index (κ3) is 6.18. The van der Waals surface area contributed by atoms with Crippen molar-refractivity contribution in [2.24, 2.45) is 0 Å². The van der Waals surface area contributed by atoms with Crippen LogP contribution in [0.5, 0.6) is 5.75 Å². The Morgan fingerprint density at radius 1 is 1.30 bits per heavy atom. The molecule has 0 saturated carbocycles. The van der Waals surface area contributed by atoms with E-state index < -0.39 is 23.7 Å².